The molecule has 4 nitrogen and oxygen atoms in total. The highest BCUT2D eigenvalue weighted by molar-refractivity contribution is 7.99. The summed E-state index contributed by atoms with van der Waals surface area (Å²) in [6.45, 7) is 3.60. The Morgan fingerprint density at radius 2 is 2.31 bits per heavy atom. The van der Waals surface area contributed by atoms with Crippen LogP contribution >= 0.6 is 23.4 Å². The first-order valence-corrected chi connectivity index (χ1v) is 4.95. The van der Waals surface area contributed by atoms with Crippen molar-refractivity contribution in [2.45, 2.75) is 5.16 Å². The Balaban J connectivity index is 2.81. The van der Waals surface area contributed by atoms with Crippen molar-refractivity contribution in [3.05, 3.63) is 17.9 Å². The molecule has 0 aliphatic heterocycles. The van der Waals surface area contributed by atoms with Crippen LogP contribution in [0.3, 0.4) is 0 Å². The smallest absolute Gasteiger partial charge is 0.228 e. The minimum atomic E-state index is 0.200. The van der Waals surface area contributed by atoms with Crippen molar-refractivity contribution in [1.29, 1.82) is 0 Å². The predicted molar refractivity (Wildman–Crippen MR) is 55.3 cm³/mol. The molecule has 0 atom stereocenters. The molecule has 6 heteroatoms. The Bertz CT molecular complexity index is 305. The second-order valence-electron chi connectivity index (χ2n) is 2.06. The van der Waals surface area contributed by atoms with Crippen LogP contribution in [0.5, 0.6) is 0 Å². The summed E-state index contributed by atoms with van der Waals surface area (Å²) in [6.07, 6.45) is 1.78. The molecule has 1 heterocycles. The van der Waals surface area contributed by atoms with Gasteiger partial charge in [0.15, 0.2) is 5.16 Å². The van der Waals surface area contributed by atoms with Crippen molar-refractivity contribution in [1.82, 2.24) is 15.0 Å². The van der Waals surface area contributed by atoms with Gasteiger partial charge in [0.2, 0.25) is 11.2 Å². The first-order valence-electron chi connectivity index (χ1n) is 3.59. The van der Waals surface area contributed by atoms with Crippen LogP contribution in [0.1, 0.15) is 0 Å². The third-order valence-corrected chi connectivity index (χ3v) is 2.15. The van der Waals surface area contributed by atoms with E-state index < -0.39 is 0 Å². The fourth-order valence-corrected chi connectivity index (χ4v) is 1.42. The monoisotopic (exact) mass is 216 g/mol. The zero-order valence-electron chi connectivity index (χ0n) is 7.12. The number of nitrogens with zero attached hydrogens (tertiary/aromatic N) is 3. The van der Waals surface area contributed by atoms with Gasteiger partial charge in [-0.25, -0.2) is 0 Å². The van der Waals surface area contributed by atoms with Crippen molar-refractivity contribution in [3.63, 3.8) is 0 Å². The maximum atomic E-state index is 5.67. The Kier molecular flexibility index (Phi) is 3.98. The van der Waals surface area contributed by atoms with E-state index in [0.717, 1.165) is 5.75 Å². The molecule has 13 heavy (non-hydrogen) atoms. The molecule has 0 amide bonds. The summed E-state index contributed by atoms with van der Waals surface area (Å²) in [7, 11) is 1.73. The Morgan fingerprint density at radius 1 is 1.54 bits per heavy atom. The fraction of sp³-hybridized carbons (Fsp3) is 0.286. The Hall–Kier alpha value is -0.810. The van der Waals surface area contributed by atoms with Crippen LogP contribution in [-0.4, -0.2) is 27.8 Å². The highest BCUT2D eigenvalue weighted by Crippen LogP contribution is 2.15. The predicted octanol–water partition coefficient (Wildman–Crippen LogP) is 1.84. The fourth-order valence-electron chi connectivity index (χ4n) is 0.642. The van der Waals surface area contributed by atoms with Gasteiger partial charge < -0.3 is 5.32 Å². The summed E-state index contributed by atoms with van der Waals surface area (Å²) in [5.41, 5.74) is 0. The topological polar surface area (TPSA) is 50.7 Å². The molecule has 70 valence electrons. The van der Waals surface area contributed by atoms with Gasteiger partial charge in [-0.05, 0) is 11.6 Å². The number of rotatable bonds is 4. The van der Waals surface area contributed by atoms with Gasteiger partial charge in [0, 0.05) is 12.8 Å². The Labute approximate surface area is 85.8 Å². The van der Waals surface area contributed by atoms with E-state index in [1.807, 2.05) is 0 Å². The maximum Gasteiger partial charge on any atom is 0.228 e. The lowest BCUT2D eigenvalue weighted by Gasteiger charge is -2.00. The molecule has 1 N–H and O–H groups in total. The van der Waals surface area contributed by atoms with Crippen molar-refractivity contribution in [2.24, 2.45) is 0 Å². The number of hydrogen-bond acceptors (Lipinski definition) is 5. The molecule has 0 aliphatic carbocycles. The lowest BCUT2D eigenvalue weighted by Crippen LogP contribution is -2.00. The lowest BCUT2D eigenvalue weighted by molar-refractivity contribution is 0.910. The molecule has 0 radical (unpaired) electrons. The maximum absolute atomic E-state index is 5.67. The average Bonchev–Trinajstić information content (AvgIpc) is 2.14. The van der Waals surface area contributed by atoms with Gasteiger partial charge in [0.05, 0.1) is 0 Å². The van der Waals surface area contributed by atoms with E-state index in [9.17, 15) is 0 Å². The summed E-state index contributed by atoms with van der Waals surface area (Å²) in [6, 6.07) is 0. The van der Waals surface area contributed by atoms with Crippen LogP contribution < -0.4 is 5.32 Å². The summed E-state index contributed by atoms with van der Waals surface area (Å²) >= 11 is 7.13. The largest absolute Gasteiger partial charge is 0.357 e. The van der Waals surface area contributed by atoms with Crippen molar-refractivity contribution in [2.75, 3.05) is 18.1 Å². The third-order valence-electron chi connectivity index (χ3n) is 1.14. The molecule has 0 bridgehead atoms. The number of aromatic nitrogens is 3. The van der Waals surface area contributed by atoms with E-state index >= 15 is 0 Å². The first kappa shape index (κ1) is 10.3. The zero-order valence-corrected chi connectivity index (χ0v) is 8.69. The number of hydrogen-bond donors (Lipinski definition) is 1. The van der Waals surface area contributed by atoms with Gasteiger partial charge in [-0.2, -0.15) is 15.0 Å². The van der Waals surface area contributed by atoms with Crippen molar-refractivity contribution < 1.29 is 0 Å². The highest BCUT2D eigenvalue weighted by Gasteiger charge is 2.02. The third kappa shape index (κ3) is 3.20. The molecule has 1 aromatic rings. The van der Waals surface area contributed by atoms with E-state index in [-0.39, 0.29) is 5.28 Å². The lowest BCUT2D eigenvalue weighted by atomic mass is 10.8. The number of thioether (sulfide) groups is 1. The molecule has 1 rings (SSSR count). The van der Waals surface area contributed by atoms with Gasteiger partial charge in [0.25, 0.3) is 0 Å². The summed E-state index contributed by atoms with van der Waals surface area (Å²) in [4.78, 5) is 11.9. The average molecular weight is 217 g/mol. The van der Waals surface area contributed by atoms with E-state index in [4.69, 9.17) is 11.6 Å². The normalized spacial score (nSPS) is 9.69. The van der Waals surface area contributed by atoms with Gasteiger partial charge >= 0.3 is 0 Å². The van der Waals surface area contributed by atoms with Crippen LogP contribution in [0, 0.1) is 0 Å². The minimum Gasteiger partial charge on any atom is -0.357 e. The van der Waals surface area contributed by atoms with Crippen molar-refractivity contribution in [3.8, 4) is 0 Å². The van der Waals surface area contributed by atoms with E-state index in [0.29, 0.717) is 11.1 Å². The van der Waals surface area contributed by atoms with Crippen LogP contribution in [0.2, 0.25) is 5.28 Å². The van der Waals surface area contributed by atoms with Crippen LogP contribution in [-0.2, 0) is 0 Å². The standard InChI is InChI=1S/C7H9ClN4S/c1-3-4-13-7-11-5(8)10-6(9-2)12-7/h3H,1,4H2,2H3,(H,9,10,11,12). The van der Waals surface area contributed by atoms with Gasteiger partial charge in [-0.3, -0.25) is 0 Å². The first-order chi connectivity index (χ1) is 6.26. The van der Waals surface area contributed by atoms with Gasteiger partial charge in [0.1, 0.15) is 0 Å². The molecular formula is C7H9ClN4S. The van der Waals surface area contributed by atoms with E-state index in [2.05, 4.69) is 26.8 Å². The van der Waals surface area contributed by atoms with Crippen LogP contribution in [0.4, 0.5) is 5.95 Å². The van der Waals surface area contributed by atoms with Gasteiger partial charge in [-0.15, -0.1) is 6.58 Å². The number of nitrogens with one attached hydrogen (secondary N) is 1. The summed E-state index contributed by atoms with van der Waals surface area (Å²) in [5.74, 6) is 1.23. The molecule has 0 unspecified atom stereocenters. The van der Waals surface area contributed by atoms with Crippen molar-refractivity contribution >= 4 is 29.3 Å². The highest BCUT2D eigenvalue weighted by atomic mass is 35.5. The second kappa shape index (κ2) is 5.04. The number of halogens is 1. The van der Waals surface area contributed by atoms with E-state index in [1.54, 1.807) is 13.1 Å². The molecule has 1 aromatic heterocycles. The molecule has 0 saturated carbocycles. The SMILES string of the molecule is C=CCSc1nc(Cl)nc(NC)n1. The molecule has 0 aliphatic rings. The molecule has 0 spiro atoms. The summed E-state index contributed by atoms with van der Waals surface area (Å²) in [5, 5.41) is 3.60. The molecule has 0 fully saturated rings. The van der Waals surface area contributed by atoms with Crippen LogP contribution in [0.25, 0.3) is 0 Å². The minimum absolute atomic E-state index is 0.200. The number of anilines is 1. The second-order valence-corrected chi connectivity index (χ2v) is 3.39. The zero-order chi connectivity index (χ0) is 9.68. The summed E-state index contributed by atoms with van der Waals surface area (Å²) < 4.78 is 0. The quantitative estimate of drug-likeness (QED) is 0.615. The van der Waals surface area contributed by atoms with Gasteiger partial charge in [-0.1, -0.05) is 17.8 Å². The molecular weight excluding hydrogens is 208 g/mol. The molecule has 0 aromatic carbocycles. The van der Waals surface area contributed by atoms with Crippen LogP contribution in [0.15, 0.2) is 17.8 Å². The molecule has 0 saturated heterocycles. The Morgan fingerprint density at radius 3 is 2.92 bits per heavy atom. The van der Waals surface area contributed by atoms with E-state index in [1.165, 1.54) is 11.8 Å².